The number of likely N-dealkylation sites (tertiary alicyclic amines) is 1. The summed E-state index contributed by atoms with van der Waals surface area (Å²) in [7, 11) is 0. The molecule has 2 atom stereocenters. The van der Waals surface area contributed by atoms with Crippen molar-refractivity contribution < 1.29 is 24.2 Å². The largest absolute Gasteiger partial charge is 0.465 e. The predicted octanol–water partition coefficient (Wildman–Crippen LogP) is 2.40. The molecule has 0 aliphatic carbocycles. The van der Waals surface area contributed by atoms with E-state index in [1.807, 2.05) is 4.68 Å². The smallest absolute Gasteiger partial charge is 0.407 e. The van der Waals surface area contributed by atoms with Crippen LogP contribution in [0.5, 0.6) is 0 Å². The van der Waals surface area contributed by atoms with Crippen LogP contribution in [-0.2, 0) is 9.53 Å². The minimum atomic E-state index is -1.15. The fourth-order valence-electron chi connectivity index (χ4n) is 3.92. The summed E-state index contributed by atoms with van der Waals surface area (Å²) in [5, 5.41) is 14.4. The topological polar surface area (TPSA) is 126 Å². The Morgan fingerprint density at radius 2 is 2.00 bits per heavy atom. The van der Waals surface area contributed by atoms with E-state index in [4.69, 9.17) is 9.84 Å². The fraction of sp³-hybridized carbons (Fsp3) is 0.474. The van der Waals surface area contributed by atoms with E-state index in [0.717, 1.165) is 35.1 Å². The minimum Gasteiger partial charge on any atom is -0.465 e. The number of fused-ring (bicyclic) bond motifs is 1. The second-order valence-corrected chi connectivity index (χ2v) is 8.12. The molecule has 2 fully saturated rings. The number of halogens is 1. The molecule has 2 unspecified atom stereocenters. The average Bonchev–Trinajstić information content (AvgIpc) is 3.37. The van der Waals surface area contributed by atoms with Crippen molar-refractivity contribution >= 4 is 44.7 Å². The first-order chi connectivity index (χ1) is 14.5. The number of ether oxygens (including phenoxy) is 1. The van der Waals surface area contributed by atoms with E-state index in [9.17, 15) is 14.4 Å². The number of aromatic nitrogens is 2. The zero-order valence-electron chi connectivity index (χ0n) is 16.1. The highest BCUT2D eigenvalue weighted by atomic mass is 79.9. The third-order valence-electron chi connectivity index (χ3n) is 5.45. The van der Waals surface area contributed by atoms with Crippen LogP contribution in [0.2, 0.25) is 0 Å². The lowest BCUT2D eigenvalue weighted by molar-refractivity contribution is -0.125. The minimum absolute atomic E-state index is 0.130. The molecule has 3 N–H and O–H groups in total. The number of carbonyl (C=O) groups excluding carboxylic acids is 2. The summed E-state index contributed by atoms with van der Waals surface area (Å²) in [6, 6.07) is 4.33. The summed E-state index contributed by atoms with van der Waals surface area (Å²) in [5.74, 6) is -1.05. The van der Waals surface area contributed by atoms with Gasteiger partial charge in [0.15, 0.2) is 6.23 Å². The first kappa shape index (κ1) is 20.6. The van der Waals surface area contributed by atoms with E-state index in [-0.39, 0.29) is 6.23 Å². The van der Waals surface area contributed by atoms with Crippen molar-refractivity contribution in [2.24, 2.45) is 0 Å². The Labute approximate surface area is 180 Å². The van der Waals surface area contributed by atoms with E-state index >= 15 is 0 Å². The maximum absolute atomic E-state index is 12.5. The highest BCUT2D eigenvalue weighted by molar-refractivity contribution is 9.10. The molecule has 10 nitrogen and oxygen atoms in total. The quantitative estimate of drug-likeness (QED) is 0.580. The summed E-state index contributed by atoms with van der Waals surface area (Å²) in [6.07, 6.45) is 2.75. The monoisotopic (exact) mass is 479 g/mol. The molecule has 2 aromatic rings. The number of hydrazine groups is 1. The van der Waals surface area contributed by atoms with Gasteiger partial charge in [0.25, 0.3) is 11.8 Å². The molecule has 1 aromatic heterocycles. The van der Waals surface area contributed by atoms with Crippen LogP contribution in [0.1, 0.15) is 48.7 Å². The summed E-state index contributed by atoms with van der Waals surface area (Å²) < 4.78 is 8.24. The Morgan fingerprint density at radius 3 is 2.73 bits per heavy atom. The van der Waals surface area contributed by atoms with Gasteiger partial charge in [0, 0.05) is 24.1 Å². The van der Waals surface area contributed by atoms with Crippen molar-refractivity contribution in [2.75, 3.05) is 13.2 Å². The van der Waals surface area contributed by atoms with Crippen LogP contribution in [0.25, 0.3) is 10.9 Å². The van der Waals surface area contributed by atoms with Gasteiger partial charge in [0.1, 0.15) is 10.6 Å². The first-order valence-electron chi connectivity index (χ1n) is 9.85. The van der Waals surface area contributed by atoms with Crippen LogP contribution in [0.3, 0.4) is 0 Å². The van der Waals surface area contributed by atoms with Crippen LogP contribution in [0.4, 0.5) is 4.79 Å². The van der Waals surface area contributed by atoms with E-state index < -0.39 is 23.9 Å². The van der Waals surface area contributed by atoms with E-state index in [2.05, 4.69) is 31.9 Å². The molecule has 30 heavy (non-hydrogen) atoms. The summed E-state index contributed by atoms with van der Waals surface area (Å²) in [4.78, 5) is 37.1. The highest BCUT2D eigenvalue weighted by Crippen LogP contribution is 2.30. The second-order valence-electron chi connectivity index (χ2n) is 7.37. The molecule has 0 radical (unpaired) electrons. The number of nitrogens with one attached hydrogen (secondary N) is 2. The van der Waals surface area contributed by atoms with Crippen molar-refractivity contribution in [3.63, 3.8) is 0 Å². The summed E-state index contributed by atoms with van der Waals surface area (Å²) >= 11 is 3.44. The Morgan fingerprint density at radius 1 is 1.17 bits per heavy atom. The average molecular weight is 480 g/mol. The van der Waals surface area contributed by atoms with Crippen molar-refractivity contribution in [1.82, 2.24) is 25.5 Å². The molecule has 160 valence electrons. The third-order valence-corrected chi connectivity index (χ3v) is 6.04. The molecule has 0 spiro atoms. The van der Waals surface area contributed by atoms with Crippen LogP contribution in [0, 0.1) is 0 Å². The van der Waals surface area contributed by atoms with Gasteiger partial charge >= 0.3 is 6.09 Å². The van der Waals surface area contributed by atoms with Crippen LogP contribution in [0.15, 0.2) is 22.8 Å². The van der Waals surface area contributed by atoms with Crippen LogP contribution in [-0.4, -0.2) is 56.9 Å². The van der Waals surface area contributed by atoms with Gasteiger partial charge in [0.2, 0.25) is 0 Å². The lowest BCUT2D eigenvalue weighted by Crippen LogP contribution is -2.51. The number of hydrogen-bond donors (Lipinski definition) is 3. The first-order valence-corrected chi connectivity index (χ1v) is 10.6. The zero-order valence-corrected chi connectivity index (χ0v) is 17.7. The molecular weight excluding hydrogens is 458 g/mol. The molecule has 2 aliphatic rings. The standard InChI is InChI=1S/C19H22BrN5O5/c20-16-12-10-11(6-7-13(12)25(23-16)15-5-1-2-9-30-15)17(26)21-22-18(27)14-4-3-8-24(14)19(28)29/h6-7,10,14-15H,1-5,8-9H2,(H,21,26)(H,22,27)(H,28,29). The van der Waals surface area contributed by atoms with Gasteiger partial charge < -0.3 is 9.84 Å². The van der Waals surface area contributed by atoms with Crippen molar-refractivity contribution in [3.8, 4) is 0 Å². The maximum atomic E-state index is 12.5. The fourth-order valence-corrected chi connectivity index (χ4v) is 4.41. The maximum Gasteiger partial charge on any atom is 0.407 e. The van der Waals surface area contributed by atoms with Gasteiger partial charge in [-0.1, -0.05) is 0 Å². The molecule has 3 heterocycles. The number of rotatable bonds is 3. The Hall–Kier alpha value is -2.66. The number of amides is 3. The molecule has 3 amide bonds. The summed E-state index contributed by atoms with van der Waals surface area (Å²) in [5.41, 5.74) is 5.88. The molecule has 11 heteroatoms. The molecule has 1 aromatic carbocycles. The Bertz CT molecular complexity index is 987. The van der Waals surface area contributed by atoms with Crippen molar-refractivity contribution in [2.45, 2.75) is 44.4 Å². The van der Waals surface area contributed by atoms with Gasteiger partial charge in [-0.25, -0.2) is 9.48 Å². The SMILES string of the molecule is O=C(NNC(=O)C1CCCN1C(=O)O)c1ccc2c(c1)c(Br)nn2C1CCCCO1. The van der Waals surface area contributed by atoms with Gasteiger partial charge in [-0.2, -0.15) is 5.10 Å². The van der Waals surface area contributed by atoms with Crippen molar-refractivity contribution in [3.05, 3.63) is 28.4 Å². The molecule has 2 aliphatic heterocycles. The third kappa shape index (κ3) is 3.99. The molecular formula is C19H22BrN5O5. The number of nitrogens with zero attached hydrogens (tertiary/aromatic N) is 3. The predicted molar refractivity (Wildman–Crippen MR) is 110 cm³/mol. The van der Waals surface area contributed by atoms with E-state index in [1.165, 1.54) is 0 Å². The second kappa shape index (κ2) is 8.60. The lowest BCUT2D eigenvalue weighted by Gasteiger charge is -2.23. The van der Waals surface area contributed by atoms with Crippen LogP contribution >= 0.6 is 15.9 Å². The van der Waals surface area contributed by atoms with Crippen molar-refractivity contribution in [1.29, 1.82) is 0 Å². The zero-order chi connectivity index (χ0) is 21.3. The molecule has 2 saturated heterocycles. The number of carboxylic acid groups (broad SMARTS) is 1. The van der Waals surface area contributed by atoms with Gasteiger partial charge in [0.05, 0.1) is 5.52 Å². The van der Waals surface area contributed by atoms with E-state index in [0.29, 0.717) is 36.2 Å². The molecule has 0 saturated carbocycles. The normalized spacial score (nSPS) is 21.6. The van der Waals surface area contributed by atoms with E-state index in [1.54, 1.807) is 18.2 Å². The molecule has 0 bridgehead atoms. The van der Waals surface area contributed by atoms with Gasteiger partial charge in [-0.15, -0.1) is 0 Å². The molecule has 4 rings (SSSR count). The Balaban J connectivity index is 1.45. The number of hydrogen-bond acceptors (Lipinski definition) is 5. The Kier molecular flexibility index (Phi) is 5.91. The number of carbonyl (C=O) groups is 3. The summed E-state index contributed by atoms with van der Waals surface area (Å²) in [6.45, 7) is 1.00. The van der Waals surface area contributed by atoms with Gasteiger partial charge in [-0.3, -0.25) is 25.3 Å². The lowest BCUT2D eigenvalue weighted by atomic mass is 10.1. The van der Waals surface area contributed by atoms with Crippen LogP contribution < -0.4 is 10.9 Å². The van der Waals surface area contributed by atoms with Gasteiger partial charge in [-0.05, 0) is 66.2 Å². The number of benzene rings is 1. The highest BCUT2D eigenvalue weighted by Gasteiger charge is 2.34.